The predicted octanol–water partition coefficient (Wildman–Crippen LogP) is 6.06. The van der Waals surface area contributed by atoms with Gasteiger partial charge in [-0.2, -0.15) is 5.26 Å². The first-order valence-electron chi connectivity index (χ1n) is 12.6. The SMILES string of the molecule is C=C/C=C\C=C(/C)Oc1ccc(CN2C(=O)C(N)CC(F)(F)c3cc(F)c(-c4nnc(C(C)(C)C#N)o4)cc32)cc1. The molecule has 11 heteroatoms. The van der Waals surface area contributed by atoms with E-state index < -0.39 is 41.1 Å². The van der Waals surface area contributed by atoms with Crippen molar-refractivity contribution in [3.8, 4) is 23.3 Å². The Balaban J connectivity index is 1.73. The highest BCUT2D eigenvalue weighted by atomic mass is 19.3. The van der Waals surface area contributed by atoms with E-state index in [2.05, 4.69) is 16.8 Å². The van der Waals surface area contributed by atoms with Gasteiger partial charge in [0.05, 0.1) is 29.9 Å². The highest BCUT2D eigenvalue weighted by Gasteiger charge is 2.45. The van der Waals surface area contributed by atoms with Crippen LogP contribution < -0.4 is 15.4 Å². The summed E-state index contributed by atoms with van der Waals surface area (Å²) in [5, 5.41) is 17.0. The number of rotatable bonds is 8. The van der Waals surface area contributed by atoms with Gasteiger partial charge in [0.1, 0.15) is 22.7 Å². The van der Waals surface area contributed by atoms with E-state index in [4.69, 9.17) is 14.9 Å². The summed E-state index contributed by atoms with van der Waals surface area (Å²) in [5.41, 5.74) is 4.08. The van der Waals surface area contributed by atoms with Crippen molar-refractivity contribution >= 4 is 11.6 Å². The fourth-order valence-corrected chi connectivity index (χ4v) is 4.16. The smallest absolute Gasteiger partial charge is 0.277 e. The van der Waals surface area contributed by atoms with E-state index in [1.807, 2.05) is 6.07 Å². The summed E-state index contributed by atoms with van der Waals surface area (Å²) in [6.45, 7) is 8.32. The molecule has 2 heterocycles. The summed E-state index contributed by atoms with van der Waals surface area (Å²) in [5.74, 6) is -4.65. The molecule has 4 rings (SSSR count). The van der Waals surface area contributed by atoms with Crippen LogP contribution in [0.4, 0.5) is 18.9 Å². The van der Waals surface area contributed by atoms with E-state index in [0.717, 1.165) is 11.0 Å². The van der Waals surface area contributed by atoms with E-state index in [9.17, 15) is 10.1 Å². The molecule has 212 valence electrons. The Morgan fingerprint density at radius 3 is 2.66 bits per heavy atom. The second-order valence-electron chi connectivity index (χ2n) is 10.1. The minimum Gasteiger partial charge on any atom is -0.462 e. The van der Waals surface area contributed by atoms with Crippen molar-refractivity contribution < 1.29 is 27.1 Å². The number of carbonyl (C=O) groups is 1. The number of amides is 1. The molecule has 3 aromatic rings. The molecule has 41 heavy (non-hydrogen) atoms. The lowest BCUT2D eigenvalue weighted by molar-refractivity contribution is -0.122. The Hall–Kier alpha value is -4.69. The molecule has 0 fully saturated rings. The summed E-state index contributed by atoms with van der Waals surface area (Å²) >= 11 is 0. The van der Waals surface area contributed by atoms with Gasteiger partial charge in [-0.1, -0.05) is 36.9 Å². The minimum atomic E-state index is -3.59. The molecule has 8 nitrogen and oxygen atoms in total. The van der Waals surface area contributed by atoms with Crippen molar-refractivity contribution in [1.82, 2.24) is 10.2 Å². The molecule has 1 aromatic heterocycles. The Morgan fingerprint density at radius 2 is 2.00 bits per heavy atom. The maximum absolute atomic E-state index is 15.3. The summed E-state index contributed by atoms with van der Waals surface area (Å²) in [7, 11) is 0. The van der Waals surface area contributed by atoms with Crippen LogP contribution in [0, 0.1) is 17.1 Å². The van der Waals surface area contributed by atoms with Gasteiger partial charge in [-0.3, -0.25) is 4.79 Å². The lowest BCUT2D eigenvalue weighted by Crippen LogP contribution is -2.43. The van der Waals surface area contributed by atoms with Crippen LogP contribution in [-0.4, -0.2) is 22.1 Å². The van der Waals surface area contributed by atoms with Gasteiger partial charge in [-0.15, -0.1) is 10.2 Å². The fourth-order valence-electron chi connectivity index (χ4n) is 4.16. The maximum atomic E-state index is 15.3. The number of nitrogens with zero attached hydrogens (tertiary/aromatic N) is 4. The van der Waals surface area contributed by atoms with Crippen LogP contribution in [0.5, 0.6) is 5.75 Å². The molecule has 2 N–H and O–H groups in total. The number of nitrogens with two attached hydrogens (primary N) is 1. The second kappa shape index (κ2) is 11.4. The van der Waals surface area contributed by atoms with Gasteiger partial charge in [0, 0.05) is 12.0 Å². The van der Waals surface area contributed by atoms with Gasteiger partial charge < -0.3 is 19.8 Å². The molecule has 0 spiro atoms. The van der Waals surface area contributed by atoms with E-state index in [1.54, 1.807) is 55.5 Å². The molecule has 2 aromatic carbocycles. The normalized spacial score (nSPS) is 17.2. The maximum Gasteiger partial charge on any atom is 0.277 e. The second-order valence-corrected chi connectivity index (χ2v) is 10.1. The number of fused-ring (bicyclic) bond motifs is 1. The number of ether oxygens (including phenoxy) is 1. The molecule has 1 aliphatic heterocycles. The van der Waals surface area contributed by atoms with Gasteiger partial charge in [0.2, 0.25) is 11.8 Å². The van der Waals surface area contributed by atoms with Crippen LogP contribution in [0.3, 0.4) is 0 Å². The number of anilines is 1. The van der Waals surface area contributed by atoms with E-state index in [-0.39, 0.29) is 29.6 Å². The standard InChI is InChI=1S/C30H28F3N5O3/c1-5-6-7-8-18(2)40-20-11-9-19(10-12-20)16-38-25-13-21(26-36-37-28(41-26)29(3,4)17-34)23(31)14-22(25)30(32,33)15-24(35)27(38)39/h5-14,24H,1,15-16,35H2,2-4H3/b7-6-,18-8+. The van der Waals surface area contributed by atoms with Gasteiger partial charge in [-0.25, -0.2) is 13.2 Å². The lowest BCUT2D eigenvalue weighted by atomic mass is 9.96. The average Bonchev–Trinajstić information content (AvgIpc) is 3.41. The monoisotopic (exact) mass is 563 g/mol. The molecular formula is C30H28F3N5O3. The Bertz CT molecular complexity index is 1570. The summed E-state index contributed by atoms with van der Waals surface area (Å²) < 4.78 is 57.0. The highest BCUT2D eigenvalue weighted by Crippen LogP contribution is 2.45. The predicted molar refractivity (Wildman–Crippen MR) is 146 cm³/mol. The fraction of sp³-hybridized carbons (Fsp3) is 0.267. The first kappa shape index (κ1) is 29.3. The number of alkyl halides is 2. The topological polar surface area (TPSA) is 118 Å². The van der Waals surface area contributed by atoms with E-state index >= 15 is 13.2 Å². The Morgan fingerprint density at radius 1 is 1.29 bits per heavy atom. The Labute approximate surface area is 235 Å². The molecule has 0 aliphatic carbocycles. The van der Waals surface area contributed by atoms with Crippen molar-refractivity contribution in [2.24, 2.45) is 5.73 Å². The first-order chi connectivity index (χ1) is 19.4. The van der Waals surface area contributed by atoms with Crippen molar-refractivity contribution in [2.45, 2.75) is 51.1 Å². The Kier molecular flexibility index (Phi) is 8.17. The number of allylic oxidation sites excluding steroid dienone is 5. The summed E-state index contributed by atoms with van der Waals surface area (Å²) in [6.07, 6.45) is 5.92. The molecule has 1 aliphatic rings. The number of nitriles is 1. The lowest BCUT2D eigenvalue weighted by Gasteiger charge is -2.25. The molecule has 1 amide bonds. The van der Waals surface area contributed by atoms with Crippen LogP contribution in [0.2, 0.25) is 0 Å². The third kappa shape index (κ3) is 6.23. The van der Waals surface area contributed by atoms with Gasteiger partial charge >= 0.3 is 0 Å². The molecular weight excluding hydrogens is 535 g/mol. The third-order valence-corrected chi connectivity index (χ3v) is 6.42. The van der Waals surface area contributed by atoms with Crippen LogP contribution in [0.25, 0.3) is 11.5 Å². The first-order valence-corrected chi connectivity index (χ1v) is 12.6. The number of halogens is 3. The van der Waals surface area contributed by atoms with Crippen molar-refractivity contribution in [1.29, 1.82) is 5.26 Å². The average molecular weight is 564 g/mol. The van der Waals surface area contributed by atoms with Gasteiger partial charge in [0.25, 0.3) is 11.8 Å². The number of benzene rings is 2. The van der Waals surface area contributed by atoms with Crippen LogP contribution in [0.1, 0.15) is 44.2 Å². The van der Waals surface area contributed by atoms with Crippen molar-refractivity contribution in [2.75, 3.05) is 4.90 Å². The number of aromatic nitrogens is 2. The summed E-state index contributed by atoms with van der Waals surface area (Å²) in [4.78, 5) is 14.4. The quantitative estimate of drug-likeness (QED) is 0.262. The number of carbonyl (C=O) groups excluding carboxylic acids is 1. The molecule has 0 radical (unpaired) electrons. The number of hydrogen-bond acceptors (Lipinski definition) is 7. The van der Waals surface area contributed by atoms with Crippen LogP contribution >= 0.6 is 0 Å². The van der Waals surface area contributed by atoms with Crippen molar-refractivity contribution in [3.63, 3.8) is 0 Å². The summed E-state index contributed by atoms with van der Waals surface area (Å²) in [6, 6.07) is 8.92. The number of hydrogen-bond donors (Lipinski definition) is 1. The van der Waals surface area contributed by atoms with Crippen molar-refractivity contribution in [3.05, 3.63) is 95.9 Å². The molecule has 0 saturated carbocycles. The largest absolute Gasteiger partial charge is 0.462 e. The minimum absolute atomic E-state index is 0.0752. The zero-order chi connectivity index (χ0) is 29.9. The molecule has 1 atom stereocenters. The van der Waals surface area contributed by atoms with Crippen LogP contribution in [0.15, 0.2) is 77.5 Å². The third-order valence-electron chi connectivity index (χ3n) is 6.42. The van der Waals surface area contributed by atoms with Gasteiger partial charge in [0.15, 0.2) is 0 Å². The zero-order valence-corrected chi connectivity index (χ0v) is 22.7. The van der Waals surface area contributed by atoms with Crippen LogP contribution in [-0.2, 0) is 22.7 Å². The molecule has 1 unspecified atom stereocenters. The van der Waals surface area contributed by atoms with Gasteiger partial charge in [-0.05, 0) is 56.7 Å². The molecule has 0 saturated heterocycles. The zero-order valence-electron chi connectivity index (χ0n) is 22.7. The van der Waals surface area contributed by atoms with E-state index in [0.29, 0.717) is 23.1 Å². The highest BCUT2D eigenvalue weighted by molar-refractivity contribution is 5.99. The van der Waals surface area contributed by atoms with E-state index in [1.165, 1.54) is 13.8 Å². The molecule has 0 bridgehead atoms.